The van der Waals surface area contributed by atoms with Crippen LogP contribution in [0.2, 0.25) is 0 Å². The van der Waals surface area contributed by atoms with Crippen molar-refractivity contribution in [2.45, 2.75) is 6.54 Å². The van der Waals surface area contributed by atoms with Crippen LogP contribution in [-0.4, -0.2) is 29.8 Å². The number of hydrogen-bond donors (Lipinski definition) is 2. The molecule has 0 atom stereocenters. The Morgan fingerprint density at radius 3 is 2.79 bits per heavy atom. The number of nitrogens with zero attached hydrogens (tertiary/aromatic N) is 7. The number of benzene rings is 2. The van der Waals surface area contributed by atoms with Crippen molar-refractivity contribution in [2.75, 3.05) is 5.73 Å². The van der Waals surface area contributed by atoms with Gasteiger partial charge in [0, 0.05) is 11.6 Å². The maximum Gasteiger partial charge on any atom is 0.286 e. The van der Waals surface area contributed by atoms with E-state index >= 15 is 0 Å². The SMILES string of the molecule is N#Cc1ccc(Cn2nccc2-c2cc3c(c(N)nn3-c3ccc4cn[nH]c4c3)[n+]([O-])c2)cc1. The fourth-order valence-corrected chi connectivity index (χ4v) is 4.13. The van der Waals surface area contributed by atoms with Crippen LogP contribution in [0.25, 0.3) is 38.9 Å². The molecule has 6 aromatic rings. The van der Waals surface area contributed by atoms with E-state index in [0.717, 1.165) is 32.6 Å². The Hall–Kier alpha value is -5.17. The normalized spacial score (nSPS) is 11.3. The van der Waals surface area contributed by atoms with E-state index in [1.807, 2.05) is 47.1 Å². The Morgan fingerprint density at radius 2 is 1.97 bits per heavy atom. The summed E-state index contributed by atoms with van der Waals surface area (Å²) in [5.41, 5.74) is 11.6. The van der Waals surface area contributed by atoms with Gasteiger partial charge in [0.15, 0.2) is 6.20 Å². The van der Waals surface area contributed by atoms with Crippen LogP contribution in [-0.2, 0) is 6.54 Å². The van der Waals surface area contributed by atoms with Crippen molar-refractivity contribution < 1.29 is 4.73 Å². The molecule has 0 amide bonds. The zero-order chi connectivity index (χ0) is 23.2. The van der Waals surface area contributed by atoms with Gasteiger partial charge in [-0.15, -0.1) is 5.10 Å². The van der Waals surface area contributed by atoms with Crippen LogP contribution in [0.1, 0.15) is 11.1 Å². The Morgan fingerprint density at radius 1 is 1.12 bits per heavy atom. The lowest BCUT2D eigenvalue weighted by atomic mass is 10.1. The maximum absolute atomic E-state index is 13.0. The number of aromatic amines is 1. The number of H-pyrrole nitrogens is 1. The summed E-state index contributed by atoms with van der Waals surface area (Å²) in [6.45, 7) is 0.489. The first-order valence-electron chi connectivity index (χ1n) is 10.5. The molecular weight excluding hydrogens is 430 g/mol. The second-order valence-corrected chi connectivity index (χ2v) is 7.91. The first kappa shape index (κ1) is 19.5. The molecule has 0 fully saturated rings. The van der Waals surface area contributed by atoms with E-state index < -0.39 is 0 Å². The largest absolute Gasteiger partial charge is 0.618 e. The highest BCUT2D eigenvalue weighted by Crippen LogP contribution is 2.27. The highest BCUT2D eigenvalue weighted by atomic mass is 16.5. The number of anilines is 1. The molecule has 6 rings (SSSR count). The number of fused-ring (bicyclic) bond motifs is 2. The van der Waals surface area contributed by atoms with Crippen molar-refractivity contribution in [3.05, 3.63) is 89.5 Å². The van der Waals surface area contributed by atoms with Crippen LogP contribution >= 0.6 is 0 Å². The number of nitrogens with one attached hydrogen (secondary N) is 1. The quantitative estimate of drug-likeness (QED) is 0.314. The fourth-order valence-electron chi connectivity index (χ4n) is 4.13. The van der Waals surface area contributed by atoms with E-state index in [-0.39, 0.29) is 5.82 Å². The minimum atomic E-state index is 0.146. The van der Waals surface area contributed by atoms with Gasteiger partial charge in [-0.05, 0) is 48.0 Å². The molecule has 0 radical (unpaired) electrons. The Balaban J connectivity index is 1.46. The summed E-state index contributed by atoms with van der Waals surface area (Å²) in [6, 6.07) is 18.9. The highest BCUT2D eigenvalue weighted by molar-refractivity contribution is 5.87. The summed E-state index contributed by atoms with van der Waals surface area (Å²) in [7, 11) is 0. The molecule has 164 valence electrons. The topological polar surface area (TPSA) is 141 Å². The molecule has 0 aliphatic heterocycles. The van der Waals surface area contributed by atoms with Crippen LogP contribution in [0, 0.1) is 16.5 Å². The van der Waals surface area contributed by atoms with E-state index in [9.17, 15) is 5.21 Å². The van der Waals surface area contributed by atoms with Crippen molar-refractivity contribution in [1.29, 1.82) is 5.26 Å². The van der Waals surface area contributed by atoms with Gasteiger partial charge in [-0.3, -0.25) is 9.78 Å². The molecule has 0 aliphatic rings. The molecule has 0 bridgehead atoms. The van der Waals surface area contributed by atoms with Gasteiger partial charge < -0.3 is 10.9 Å². The van der Waals surface area contributed by atoms with E-state index in [4.69, 9.17) is 11.0 Å². The van der Waals surface area contributed by atoms with Gasteiger partial charge in [0.1, 0.15) is 5.52 Å². The smallest absolute Gasteiger partial charge is 0.286 e. The molecule has 3 N–H and O–H groups in total. The Kier molecular flexibility index (Phi) is 4.28. The third-order valence-corrected chi connectivity index (χ3v) is 5.79. The summed E-state index contributed by atoms with van der Waals surface area (Å²) in [5, 5.41) is 38.8. The fraction of sp³-hybridized carbons (Fsp3) is 0.0417. The molecule has 0 aliphatic carbocycles. The lowest BCUT2D eigenvalue weighted by Crippen LogP contribution is -2.27. The van der Waals surface area contributed by atoms with Crippen molar-refractivity contribution in [3.63, 3.8) is 0 Å². The first-order chi connectivity index (χ1) is 16.6. The lowest BCUT2D eigenvalue weighted by molar-refractivity contribution is -0.575. The van der Waals surface area contributed by atoms with Gasteiger partial charge in [0.05, 0.1) is 46.8 Å². The molecule has 4 heterocycles. The molecule has 0 unspecified atom stereocenters. The number of pyridine rings is 1. The highest BCUT2D eigenvalue weighted by Gasteiger charge is 2.21. The number of rotatable bonds is 4. The van der Waals surface area contributed by atoms with Crippen molar-refractivity contribution >= 4 is 27.8 Å². The second-order valence-electron chi connectivity index (χ2n) is 7.91. The van der Waals surface area contributed by atoms with Crippen LogP contribution in [0.15, 0.2) is 73.2 Å². The number of hydrogen-bond acceptors (Lipinski definition) is 6. The zero-order valence-corrected chi connectivity index (χ0v) is 17.8. The summed E-state index contributed by atoms with van der Waals surface area (Å²) in [6.07, 6.45) is 4.92. The number of nitrogen functional groups attached to an aromatic ring is 1. The maximum atomic E-state index is 13.0. The monoisotopic (exact) mass is 447 g/mol. The van der Waals surface area contributed by atoms with Gasteiger partial charge >= 0.3 is 0 Å². The lowest BCUT2D eigenvalue weighted by Gasteiger charge is -2.09. The molecule has 0 saturated carbocycles. The summed E-state index contributed by atoms with van der Waals surface area (Å²) < 4.78 is 4.21. The van der Waals surface area contributed by atoms with Crippen molar-refractivity contribution in [2.24, 2.45) is 0 Å². The number of nitriles is 1. The third-order valence-electron chi connectivity index (χ3n) is 5.79. The van der Waals surface area contributed by atoms with E-state index in [1.54, 1.807) is 29.2 Å². The van der Waals surface area contributed by atoms with Gasteiger partial charge in [-0.2, -0.15) is 20.2 Å². The predicted octanol–water partition coefficient (Wildman–Crippen LogP) is 2.90. The van der Waals surface area contributed by atoms with E-state index in [0.29, 0.717) is 28.7 Å². The number of aromatic nitrogens is 7. The standard InChI is InChI=1S/C24H17N9O/c25-11-15-1-3-16(4-2-15)13-31-21(7-8-28-31)18-9-22-23(32(34)14-18)24(26)30-33(22)19-6-5-17-12-27-29-20(17)10-19/h1-10,12,14H,13H2,(H2,26,30)(H,27,29). The van der Waals surface area contributed by atoms with Crippen molar-refractivity contribution in [3.8, 4) is 23.0 Å². The van der Waals surface area contributed by atoms with Gasteiger partial charge in [-0.25, -0.2) is 4.68 Å². The Bertz CT molecular complexity index is 1720. The van der Waals surface area contributed by atoms with E-state index in [2.05, 4.69) is 26.5 Å². The van der Waals surface area contributed by atoms with Crippen LogP contribution in [0.4, 0.5) is 5.82 Å². The summed E-state index contributed by atoms with van der Waals surface area (Å²) >= 11 is 0. The zero-order valence-electron chi connectivity index (χ0n) is 17.8. The van der Waals surface area contributed by atoms with Gasteiger partial charge in [0.2, 0.25) is 5.82 Å². The minimum absolute atomic E-state index is 0.146. The molecule has 10 nitrogen and oxygen atoms in total. The molecule has 34 heavy (non-hydrogen) atoms. The number of nitrogens with two attached hydrogens (primary N) is 1. The predicted molar refractivity (Wildman–Crippen MR) is 126 cm³/mol. The van der Waals surface area contributed by atoms with Crippen LogP contribution < -0.4 is 10.5 Å². The molecule has 10 heteroatoms. The molecule has 2 aromatic carbocycles. The molecule has 0 spiro atoms. The van der Waals surface area contributed by atoms with Gasteiger partial charge in [0.25, 0.3) is 5.52 Å². The molecule has 0 saturated heterocycles. The average molecular weight is 447 g/mol. The minimum Gasteiger partial charge on any atom is -0.618 e. The van der Waals surface area contributed by atoms with E-state index in [1.165, 1.54) is 6.20 Å². The molecule has 4 aromatic heterocycles. The average Bonchev–Trinajstić information content (AvgIpc) is 3.58. The van der Waals surface area contributed by atoms with Crippen LogP contribution in [0.3, 0.4) is 0 Å². The second kappa shape index (κ2) is 7.46. The van der Waals surface area contributed by atoms with Crippen LogP contribution in [0.5, 0.6) is 0 Å². The summed E-state index contributed by atoms with van der Waals surface area (Å²) in [4.78, 5) is 0. The summed E-state index contributed by atoms with van der Waals surface area (Å²) in [5.74, 6) is 0.146. The first-order valence-corrected chi connectivity index (χ1v) is 10.5. The Labute approximate surface area is 192 Å². The third kappa shape index (κ3) is 3.11. The molecular formula is C24H17N9O. The van der Waals surface area contributed by atoms with Gasteiger partial charge in [-0.1, -0.05) is 12.1 Å². The van der Waals surface area contributed by atoms with Crippen molar-refractivity contribution in [1.82, 2.24) is 29.8 Å².